The van der Waals surface area contributed by atoms with E-state index < -0.39 is 29.7 Å². The van der Waals surface area contributed by atoms with Crippen LogP contribution in [0.15, 0.2) is 24.3 Å². The number of thioether (sulfide) groups is 1. The lowest BCUT2D eigenvalue weighted by Crippen LogP contribution is -2.52. The maximum Gasteiger partial charge on any atom is 0.408 e. The van der Waals surface area contributed by atoms with E-state index in [2.05, 4.69) is 22.6 Å². The molecule has 0 spiro atoms. The minimum atomic E-state index is -1.08. The van der Waals surface area contributed by atoms with Crippen molar-refractivity contribution in [2.24, 2.45) is 0 Å². The van der Waals surface area contributed by atoms with E-state index >= 15 is 0 Å². The molecule has 0 bridgehead atoms. The number of ether oxygens (including phenoxy) is 1. The average molecular weight is 512 g/mol. The van der Waals surface area contributed by atoms with Crippen LogP contribution in [0.25, 0.3) is 0 Å². The molecule has 36 heavy (non-hydrogen) atoms. The van der Waals surface area contributed by atoms with Gasteiger partial charge in [0, 0.05) is 17.6 Å². The van der Waals surface area contributed by atoms with Gasteiger partial charge < -0.3 is 15.4 Å². The Balaban J connectivity index is 2.37. The highest BCUT2D eigenvalue weighted by Gasteiger charge is 2.36. The summed E-state index contributed by atoms with van der Waals surface area (Å²) in [6.07, 6.45) is 17.8. The van der Waals surface area contributed by atoms with Crippen LogP contribution in [0.3, 0.4) is 0 Å². The number of benzene rings is 1. The predicted octanol–water partition coefficient (Wildman–Crippen LogP) is 4.22. The second-order valence-electron chi connectivity index (χ2n) is 9.83. The molecule has 0 aromatic heterocycles. The van der Waals surface area contributed by atoms with E-state index in [0.717, 1.165) is 37.0 Å². The fourth-order valence-corrected chi connectivity index (χ4v) is 4.55. The molecule has 2 unspecified atom stereocenters. The van der Waals surface area contributed by atoms with Crippen molar-refractivity contribution in [3.8, 4) is 24.8 Å². The topological polar surface area (TPSA) is 87.7 Å². The van der Waals surface area contributed by atoms with Gasteiger partial charge in [-0.1, -0.05) is 43.7 Å². The highest BCUT2D eigenvalue weighted by molar-refractivity contribution is 7.98. The van der Waals surface area contributed by atoms with Crippen molar-refractivity contribution in [1.29, 1.82) is 0 Å². The Morgan fingerprint density at radius 2 is 1.78 bits per heavy atom. The van der Waals surface area contributed by atoms with Crippen LogP contribution in [-0.4, -0.2) is 52.5 Å². The standard InChI is InChI=1S/C28H37N3O4S/c1-7-20-14-16-21(17-15-20)24(25(32)29-22-12-10-9-11-13-22)31(8-2)26(33)23(18-19-36-6)30-27(34)35-28(3,4)5/h1-2,14-17,22-24H,9-13,18-19H2,3-6H3,(H,29,32)(H,30,34). The molecule has 0 radical (unpaired) electrons. The molecule has 1 fully saturated rings. The molecule has 2 atom stereocenters. The van der Waals surface area contributed by atoms with E-state index in [9.17, 15) is 14.4 Å². The number of nitrogens with one attached hydrogen (secondary N) is 2. The van der Waals surface area contributed by atoms with Crippen molar-refractivity contribution in [2.45, 2.75) is 83.0 Å². The third-order valence-electron chi connectivity index (χ3n) is 5.83. The molecule has 2 rings (SSSR count). The van der Waals surface area contributed by atoms with Crippen molar-refractivity contribution in [2.75, 3.05) is 12.0 Å². The van der Waals surface area contributed by atoms with Gasteiger partial charge in [-0.05, 0) is 69.7 Å². The summed E-state index contributed by atoms with van der Waals surface area (Å²) in [5.41, 5.74) is 0.451. The molecule has 1 aliphatic rings. The van der Waals surface area contributed by atoms with Gasteiger partial charge in [0.15, 0.2) is 0 Å². The summed E-state index contributed by atoms with van der Waals surface area (Å²) < 4.78 is 5.35. The van der Waals surface area contributed by atoms with Crippen molar-refractivity contribution in [3.63, 3.8) is 0 Å². The fraction of sp³-hybridized carbons (Fsp3) is 0.536. The predicted molar refractivity (Wildman–Crippen MR) is 144 cm³/mol. The number of nitrogens with zero attached hydrogens (tertiary/aromatic N) is 1. The van der Waals surface area contributed by atoms with E-state index in [-0.39, 0.29) is 11.9 Å². The molecule has 1 aromatic rings. The Hall–Kier alpha value is -3.10. The fourth-order valence-electron chi connectivity index (χ4n) is 4.08. The van der Waals surface area contributed by atoms with Gasteiger partial charge in [0.2, 0.25) is 5.91 Å². The molecular weight excluding hydrogens is 474 g/mol. The van der Waals surface area contributed by atoms with Gasteiger partial charge >= 0.3 is 6.09 Å². The van der Waals surface area contributed by atoms with E-state index in [0.29, 0.717) is 23.3 Å². The zero-order chi connectivity index (χ0) is 26.7. The third kappa shape index (κ3) is 8.84. The Kier molecular flexibility index (Phi) is 11.2. The molecule has 0 heterocycles. The number of terminal acetylenes is 2. The normalized spacial score (nSPS) is 15.5. The second-order valence-corrected chi connectivity index (χ2v) is 10.8. The van der Waals surface area contributed by atoms with Gasteiger partial charge in [0.05, 0.1) is 0 Å². The van der Waals surface area contributed by atoms with Crippen molar-refractivity contribution in [3.05, 3.63) is 35.4 Å². The van der Waals surface area contributed by atoms with E-state index in [1.165, 1.54) is 11.8 Å². The van der Waals surface area contributed by atoms with E-state index in [1.54, 1.807) is 45.0 Å². The third-order valence-corrected chi connectivity index (χ3v) is 6.47. The van der Waals surface area contributed by atoms with Gasteiger partial charge in [0.25, 0.3) is 5.91 Å². The first-order valence-corrected chi connectivity index (χ1v) is 13.6. The SMILES string of the molecule is C#Cc1ccc(C(C(=O)NC2CCCCC2)N(C#C)C(=O)C(CCSC)NC(=O)OC(C)(C)C)cc1. The molecular formula is C28H37N3O4S. The summed E-state index contributed by atoms with van der Waals surface area (Å²) in [5.74, 6) is 2.24. The van der Waals surface area contributed by atoms with Crippen LogP contribution in [0, 0.1) is 24.8 Å². The quantitative estimate of drug-likeness (QED) is 0.383. The highest BCUT2D eigenvalue weighted by atomic mass is 32.2. The number of hydrogen-bond acceptors (Lipinski definition) is 5. The number of carbonyl (C=O) groups excluding carboxylic acids is 3. The summed E-state index contributed by atoms with van der Waals surface area (Å²) in [6, 6.07) is 7.23. The number of hydrogen-bond donors (Lipinski definition) is 2. The summed E-state index contributed by atoms with van der Waals surface area (Å²) in [7, 11) is 0. The minimum absolute atomic E-state index is 0.0284. The van der Waals surface area contributed by atoms with Gasteiger partial charge in [-0.15, -0.1) is 6.42 Å². The first-order valence-electron chi connectivity index (χ1n) is 12.2. The molecule has 1 aliphatic carbocycles. The van der Waals surface area contributed by atoms with E-state index in [1.807, 2.05) is 6.26 Å². The molecule has 194 valence electrons. The molecule has 1 aromatic carbocycles. The molecule has 0 saturated heterocycles. The summed E-state index contributed by atoms with van der Waals surface area (Å²) in [5, 5.41) is 5.73. The van der Waals surface area contributed by atoms with Crippen LogP contribution >= 0.6 is 11.8 Å². The first-order chi connectivity index (χ1) is 17.1. The molecule has 7 nitrogen and oxygen atoms in total. The maximum absolute atomic E-state index is 13.7. The van der Waals surface area contributed by atoms with E-state index in [4.69, 9.17) is 17.6 Å². The Morgan fingerprint density at radius 3 is 2.31 bits per heavy atom. The first kappa shape index (κ1) is 29.1. The second kappa shape index (κ2) is 13.8. The minimum Gasteiger partial charge on any atom is -0.444 e. The zero-order valence-corrected chi connectivity index (χ0v) is 22.5. The van der Waals surface area contributed by atoms with Crippen molar-refractivity contribution >= 4 is 29.7 Å². The maximum atomic E-state index is 13.7. The molecule has 8 heteroatoms. The van der Waals surface area contributed by atoms with Crippen LogP contribution in [0.2, 0.25) is 0 Å². The number of carbonyl (C=O) groups is 3. The van der Waals surface area contributed by atoms with Gasteiger partial charge in [-0.3, -0.25) is 14.5 Å². The number of rotatable bonds is 9. The Morgan fingerprint density at radius 1 is 1.14 bits per heavy atom. The van der Waals surface area contributed by atoms with Gasteiger partial charge in [-0.25, -0.2) is 4.79 Å². The summed E-state index contributed by atoms with van der Waals surface area (Å²) in [6.45, 7) is 5.22. The van der Waals surface area contributed by atoms with Crippen LogP contribution in [0.5, 0.6) is 0 Å². The monoisotopic (exact) mass is 511 g/mol. The van der Waals surface area contributed by atoms with Crippen molar-refractivity contribution in [1.82, 2.24) is 15.5 Å². The van der Waals surface area contributed by atoms with Gasteiger partial charge in [-0.2, -0.15) is 11.8 Å². The van der Waals surface area contributed by atoms with Crippen molar-refractivity contribution < 1.29 is 19.1 Å². The zero-order valence-electron chi connectivity index (χ0n) is 21.6. The number of alkyl carbamates (subject to hydrolysis) is 1. The average Bonchev–Trinajstić information content (AvgIpc) is 2.84. The summed E-state index contributed by atoms with van der Waals surface area (Å²) >= 11 is 1.53. The molecule has 0 aliphatic heterocycles. The largest absolute Gasteiger partial charge is 0.444 e. The Labute approximate surface area is 219 Å². The van der Waals surface area contributed by atoms with Crippen LogP contribution in [-0.2, 0) is 14.3 Å². The lowest BCUT2D eigenvalue weighted by atomic mass is 9.94. The molecule has 3 amide bonds. The van der Waals surface area contributed by atoms with Crippen LogP contribution in [0.4, 0.5) is 4.79 Å². The van der Waals surface area contributed by atoms with Crippen LogP contribution in [0.1, 0.15) is 76.5 Å². The smallest absolute Gasteiger partial charge is 0.408 e. The lowest BCUT2D eigenvalue weighted by molar-refractivity contribution is -0.139. The summed E-state index contributed by atoms with van der Waals surface area (Å²) in [4.78, 5) is 40.8. The highest BCUT2D eigenvalue weighted by Crippen LogP contribution is 2.25. The van der Waals surface area contributed by atoms with Gasteiger partial charge in [0.1, 0.15) is 17.7 Å². The number of amides is 3. The molecule has 2 N–H and O–H groups in total. The lowest BCUT2D eigenvalue weighted by Gasteiger charge is -2.32. The molecule has 1 saturated carbocycles. The van der Waals surface area contributed by atoms with Crippen LogP contribution < -0.4 is 10.6 Å². The Bertz CT molecular complexity index is 982.